The molecule has 174 valence electrons. The molecular weight excluding hydrogens is 488 g/mol. The van der Waals surface area contributed by atoms with E-state index >= 15 is 0 Å². The van der Waals surface area contributed by atoms with E-state index in [4.69, 9.17) is 4.74 Å². The maximum absolute atomic E-state index is 12.4. The topological polar surface area (TPSA) is 101 Å². The fourth-order valence-corrected chi connectivity index (χ4v) is 3.25. The molecule has 2 aromatic heterocycles. The maximum atomic E-state index is 12.4. The van der Waals surface area contributed by atoms with Gasteiger partial charge in [0.2, 0.25) is 11.8 Å². The molecule has 0 spiro atoms. The van der Waals surface area contributed by atoms with Gasteiger partial charge < -0.3 is 20.3 Å². The number of carbonyl (C=O) groups excluding carboxylic acids is 2. The number of hydrogen-bond acceptors (Lipinski definition) is 6. The molecule has 0 aliphatic heterocycles. The van der Waals surface area contributed by atoms with E-state index in [1.165, 1.54) is 16.4 Å². The van der Waals surface area contributed by atoms with Gasteiger partial charge in [-0.2, -0.15) is 5.10 Å². The zero-order chi connectivity index (χ0) is 23.6. The van der Waals surface area contributed by atoms with Crippen LogP contribution >= 0.6 is 15.9 Å². The van der Waals surface area contributed by atoms with Crippen molar-refractivity contribution >= 4 is 39.1 Å². The minimum Gasteiger partial charge on any atom is -0.492 e. The van der Waals surface area contributed by atoms with Crippen LogP contribution in [0.1, 0.15) is 12.0 Å². The van der Waals surface area contributed by atoms with Crippen molar-refractivity contribution in [2.75, 3.05) is 37.4 Å². The number of likely N-dealkylation sites (N-methyl/N-ethyl adjacent to an activating group) is 1. The van der Waals surface area contributed by atoms with Crippen molar-refractivity contribution in [2.45, 2.75) is 19.9 Å². The molecule has 2 amide bonds. The molecule has 1 aromatic carbocycles. The zero-order valence-corrected chi connectivity index (χ0v) is 20.2. The minimum absolute atomic E-state index is 0.0787. The first-order chi connectivity index (χ1) is 15.9. The van der Waals surface area contributed by atoms with Gasteiger partial charge in [0.15, 0.2) is 0 Å². The van der Waals surface area contributed by atoms with Gasteiger partial charge in [-0.05, 0) is 47.1 Å². The number of nitrogens with zero attached hydrogens (tertiary/aromatic N) is 4. The first-order valence-corrected chi connectivity index (χ1v) is 11.3. The first-order valence-electron chi connectivity index (χ1n) is 10.5. The summed E-state index contributed by atoms with van der Waals surface area (Å²) in [7, 11) is 1.72. The number of benzene rings is 1. The lowest BCUT2D eigenvalue weighted by Crippen LogP contribution is -2.33. The number of aromatic nitrogens is 3. The van der Waals surface area contributed by atoms with Gasteiger partial charge in [0, 0.05) is 38.1 Å². The lowest BCUT2D eigenvalue weighted by Gasteiger charge is -2.17. The fourth-order valence-electron chi connectivity index (χ4n) is 2.89. The molecule has 3 rings (SSSR count). The second-order valence-corrected chi connectivity index (χ2v) is 8.31. The standard InChI is InChI=1S/C23H27BrN6O3/c1-17-3-5-20(6-4-17)33-12-11-29(2)23(32)16-30-15-19(14-27-30)28-22(31)8-10-25-18-7-9-26-21(24)13-18/h3-7,9,13-15H,8,10-12,16H2,1-2H3,(H,25,26)(H,28,31). The molecule has 0 fully saturated rings. The lowest BCUT2D eigenvalue weighted by atomic mass is 10.2. The van der Waals surface area contributed by atoms with Crippen LogP contribution in [0.15, 0.2) is 59.6 Å². The molecule has 0 aliphatic rings. The second-order valence-electron chi connectivity index (χ2n) is 7.50. The summed E-state index contributed by atoms with van der Waals surface area (Å²) >= 11 is 3.31. The molecule has 2 N–H and O–H groups in total. The van der Waals surface area contributed by atoms with Crippen molar-refractivity contribution in [3.8, 4) is 5.75 Å². The Balaban J connectivity index is 1.36. The molecular formula is C23H27BrN6O3. The molecule has 0 atom stereocenters. The van der Waals surface area contributed by atoms with E-state index in [9.17, 15) is 9.59 Å². The summed E-state index contributed by atoms with van der Waals surface area (Å²) in [5.41, 5.74) is 2.59. The Labute approximate surface area is 201 Å². The predicted molar refractivity (Wildman–Crippen MR) is 130 cm³/mol. The average Bonchev–Trinajstić information content (AvgIpc) is 3.21. The van der Waals surface area contributed by atoms with Crippen LogP contribution in [-0.4, -0.2) is 58.2 Å². The summed E-state index contributed by atoms with van der Waals surface area (Å²) in [5.74, 6) is 0.529. The monoisotopic (exact) mass is 514 g/mol. The summed E-state index contributed by atoms with van der Waals surface area (Å²) in [4.78, 5) is 30.3. The maximum Gasteiger partial charge on any atom is 0.244 e. The summed E-state index contributed by atoms with van der Waals surface area (Å²) in [6, 6.07) is 11.4. The van der Waals surface area contributed by atoms with Crippen LogP contribution in [0.25, 0.3) is 0 Å². The number of halogens is 1. The van der Waals surface area contributed by atoms with Crippen LogP contribution < -0.4 is 15.4 Å². The van der Waals surface area contributed by atoms with Gasteiger partial charge in [0.05, 0.1) is 18.4 Å². The third-order valence-electron chi connectivity index (χ3n) is 4.76. The predicted octanol–water partition coefficient (Wildman–Crippen LogP) is 3.33. The number of aryl methyl sites for hydroxylation is 1. The summed E-state index contributed by atoms with van der Waals surface area (Å²) < 4.78 is 7.90. The number of anilines is 2. The average molecular weight is 515 g/mol. The van der Waals surface area contributed by atoms with Crippen LogP contribution in [0.2, 0.25) is 0 Å². The Hall–Kier alpha value is -3.40. The smallest absolute Gasteiger partial charge is 0.244 e. The summed E-state index contributed by atoms with van der Waals surface area (Å²) in [6.45, 7) is 3.43. The van der Waals surface area contributed by atoms with Gasteiger partial charge in [0.1, 0.15) is 23.5 Å². The van der Waals surface area contributed by atoms with Crippen molar-refractivity contribution in [3.63, 3.8) is 0 Å². The number of nitrogens with one attached hydrogen (secondary N) is 2. The SMILES string of the molecule is Cc1ccc(OCCN(C)C(=O)Cn2cc(NC(=O)CCNc3ccnc(Br)c3)cn2)cc1. The quantitative estimate of drug-likeness (QED) is 0.380. The molecule has 2 heterocycles. The molecule has 3 aromatic rings. The Morgan fingerprint density at radius 3 is 2.73 bits per heavy atom. The highest BCUT2D eigenvalue weighted by Crippen LogP contribution is 2.13. The fraction of sp³-hybridized carbons (Fsp3) is 0.304. The van der Waals surface area contributed by atoms with Crippen LogP contribution in [-0.2, 0) is 16.1 Å². The first kappa shape index (κ1) is 24.2. The van der Waals surface area contributed by atoms with Gasteiger partial charge in [-0.1, -0.05) is 17.7 Å². The number of rotatable bonds is 11. The van der Waals surface area contributed by atoms with Crippen LogP contribution in [0, 0.1) is 6.92 Å². The van der Waals surface area contributed by atoms with E-state index in [0.29, 0.717) is 25.4 Å². The van der Waals surface area contributed by atoms with E-state index in [-0.39, 0.29) is 24.8 Å². The largest absolute Gasteiger partial charge is 0.492 e. The number of pyridine rings is 1. The van der Waals surface area contributed by atoms with E-state index in [1.54, 1.807) is 24.3 Å². The highest BCUT2D eigenvalue weighted by atomic mass is 79.9. The van der Waals surface area contributed by atoms with Crippen LogP contribution in [0.3, 0.4) is 0 Å². The third-order valence-corrected chi connectivity index (χ3v) is 5.20. The Bertz CT molecular complexity index is 1070. The van der Waals surface area contributed by atoms with Crippen molar-refractivity contribution in [1.82, 2.24) is 19.7 Å². The molecule has 10 heteroatoms. The number of carbonyl (C=O) groups is 2. The van der Waals surface area contributed by atoms with Crippen molar-refractivity contribution in [1.29, 1.82) is 0 Å². The van der Waals surface area contributed by atoms with Crippen molar-refractivity contribution in [2.24, 2.45) is 0 Å². The highest BCUT2D eigenvalue weighted by molar-refractivity contribution is 9.10. The van der Waals surface area contributed by atoms with Crippen molar-refractivity contribution in [3.05, 3.63) is 65.2 Å². The van der Waals surface area contributed by atoms with E-state index in [2.05, 4.69) is 36.6 Å². The minimum atomic E-state index is -0.146. The normalized spacial score (nSPS) is 10.5. The van der Waals surface area contributed by atoms with E-state index < -0.39 is 0 Å². The lowest BCUT2D eigenvalue weighted by molar-refractivity contribution is -0.131. The number of amides is 2. The molecule has 0 bridgehead atoms. The van der Waals surface area contributed by atoms with Gasteiger partial charge in [-0.15, -0.1) is 0 Å². The van der Waals surface area contributed by atoms with Gasteiger partial charge in [-0.3, -0.25) is 14.3 Å². The molecule has 9 nitrogen and oxygen atoms in total. The summed E-state index contributed by atoms with van der Waals surface area (Å²) in [5, 5.41) is 10.1. The third kappa shape index (κ3) is 8.23. The Morgan fingerprint density at radius 1 is 1.18 bits per heavy atom. The van der Waals surface area contributed by atoms with Gasteiger partial charge in [-0.25, -0.2) is 4.98 Å². The summed E-state index contributed by atoms with van der Waals surface area (Å²) in [6.07, 6.45) is 5.13. The molecule has 0 radical (unpaired) electrons. The molecule has 33 heavy (non-hydrogen) atoms. The van der Waals surface area contributed by atoms with Gasteiger partial charge >= 0.3 is 0 Å². The second kappa shape index (κ2) is 12.0. The molecule has 0 saturated carbocycles. The van der Waals surface area contributed by atoms with Gasteiger partial charge in [0.25, 0.3) is 0 Å². The Kier molecular flexibility index (Phi) is 8.82. The number of hydrogen-bond donors (Lipinski definition) is 2. The molecule has 0 aliphatic carbocycles. The van der Waals surface area contributed by atoms with E-state index in [0.717, 1.165) is 16.0 Å². The zero-order valence-electron chi connectivity index (χ0n) is 18.6. The van der Waals surface area contributed by atoms with Crippen LogP contribution in [0.4, 0.5) is 11.4 Å². The molecule has 0 unspecified atom stereocenters. The highest BCUT2D eigenvalue weighted by Gasteiger charge is 2.11. The van der Waals surface area contributed by atoms with Crippen LogP contribution in [0.5, 0.6) is 5.75 Å². The molecule has 0 saturated heterocycles. The van der Waals surface area contributed by atoms with Crippen molar-refractivity contribution < 1.29 is 14.3 Å². The van der Waals surface area contributed by atoms with E-state index in [1.807, 2.05) is 43.3 Å². The number of ether oxygens (including phenoxy) is 1. The Morgan fingerprint density at radius 2 is 1.97 bits per heavy atom.